The van der Waals surface area contributed by atoms with E-state index in [1.54, 1.807) is 46.2 Å². The number of carboxylic acids is 1. The second-order valence-corrected chi connectivity index (χ2v) is 25.8. The van der Waals surface area contributed by atoms with Crippen molar-refractivity contribution in [3.8, 4) is 28.2 Å². The molecule has 1 aromatic heterocycles. The fraction of sp³-hybridized carbons (Fsp3) is 0.474. The van der Waals surface area contributed by atoms with Crippen molar-refractivity contribution in [2.24, 2.45) is 0 Å². The molecule has 15 N–H and O–H groups in total. The van der Waals surface area contributed by atoms with E-state index in [0.29, 0.717) is 50.5 Å². The number of anilines is 1. The Hall–Kier alpha value is -7.65. The summed E-state index contributed by atoms with van der Waals surface area (Å²) in [6.45, 7) is -2.29. The van der Waals surface area contributed by atoms with E-state index in [2.05, 4.69) is 26.3 Å². The lowest BCUT2D eigenvalue weighted by Crippen LogP contribution is -2.68. The number of amides is 6. The molecule has 3 saturated heterocycles. The molecule has 3 fully saturated rings. The van der Waals surface area contributed by atoms with Crippen molar-refractivity contribution in [1.29, 1.82) is 0 Å². The first kappa shape index (κ1) is 72.2. The maximum absolute atomic E-state index is 14.1. The summed E-state index contributed by atoms with van der Waals surface area (Å²) in [5, 5.41) is 93.9. The first-order chi connectivity index (χ1) is 44.8. The number of phosphoric acid groups is 1. The molecule has 1 aliphatic carbocycles. The molecule has 5 aliphatic rings. The van der Waals surface area contributed by atoms with Crippen LogP contribution in [0.2, 0.25) is 0 Å². The van der Waals surface area contributed by atoms with Crippen LogP contribution >= 0.6 is 29.4 Å². The van der Waals surface area contributed by atoms with Crippen LogP contribution in [0, 0.1) is 0 Å². The number of nitrogens with one attached hydrogen (secondary N) is 4. The second-order valence-electron chi connectivity index (χ2n) is 21.7. The molecule has 4 aliphatic heterocycles. The summed E-state index contributed by atoms with van der Waals surface area (Å²) in [4.78, 5) is 132. The van der Waals surface area contributed by atoms with Gasteiger partial charge in [0.25, 0.3) is 11.7 Å². The molecule has 5 heterocycles. The van der Waals surface area contributed by atoms with Crippen molar-refractivity contribution in [3.05, 3.63) is 99.2 Å². The number of nitrogens with two attached hydrogens (primary N) is 1. The van der Waals surface area contributed by atoms with Crippen LogP contribution in [-0.2, 0) is 56.6 Å². The molecule has 0 saturated carbocycles. The van der Waals surface area contributed by atoms with Crippen molar-refractivity contribution < 1.29 is 112 Å². The number of nitrogen functional groups attached to an aromatic ring is 1. The van der Waals surface area contributed by atoms with Crippen LogP contribution in [0.15, 0.2) is 86.9 Å². The number of phenols is 1. The molecule has 37 heteroatoms. The molecule has 34 nitrogen and oxygen atoms in total. The van der Waals surface area contributed by atoms with E-state index in [1.165, 1.54) is 51.9 Å². The number of nitrogens with zero attached hydrogens (tertiary/aromatic N) is 4. The molecule has 0 bridgehead atoms. The van der Waals surface area contributed by atoms with Gasteiger partial charge in [0.05, 0.1) is 31.9 Å². The third-order valence-electron chi connectivity index (χ3n) is 15.1. The SMILES string of the molecule is Nc1ccn([C@@H]2OC(COP(=O)(O)O[C@@]3(C(=O)O)C[C@H](O)C(NC(=O)CNC(=O)CCCC(=O)NCCSSCCNC(=O)COCC(=O)N4CCN(C(=O)c5ccccc5-c5c6ccc(=O)cc-6oc6cc(O)ccc56)CC4)[C@H]([C@H](O)[C@H](O)CO)O3)[C@@H](O)[C@H]2O)c(=O)n1. The maximum atomic E-state index is 14.1. The van der Waals surface area contributed by atoms with Gasteiger partial charge in [-0.15, -0.1) is 0 Å². The number of benzene rings is 3. The maximum Gasteiger partial charge on any atom is 0.475 e. The van der Waals surface area contributed by atoms with E-state index in [1.807, 2.05) is 0 Å². The Labute approximate surface area is 541 Å². The number of carboxylic acid groups (broad SMARTS) is 1. The van der Waals surface area contributed by atoms with Gasteiger partial charge in [-0.1, -0.05) is 39.8 Å². The summed E-state index contributed by atoms with van der Waals surface area (Å²) < 4.78 is 45.9. The fourth-order valence-corrected chi connectivity index (χ4v) is 13.2. The first-order valence-corrected chi connectivity index (χ1v) is 33.1. The van der Waals surface area contributed by atoms with Crippen molar-refractivity contribution in [3.63, 3.8) is 0 Å². The molecule has 11 atom stereocenters. The van der Waals surface area contributed by atoms with Crippen LogP contribution in [0.1, 0.15) is 42.3 Å². The fourth-order valence-electron chi connectivity index (χ4n) is 10.4. The van der Waals surface area contributed by atoms with Crippen LogP contribution in [-0.4, -0.2) is 245 Å². The number of hydrogen-bond acceptors (Lipinski definition) is 27. The van der Waals surface area contributed by atoms with Gasteiger partial charge in [0, 0.05) is 110 Å². The Morgan fingerprint density at radius 2 is 1.51 bits per heavy atom. The summed E-state index contributed by atoms with van der Waals surface area (Å²) in [7, 11) is -2.85. The highest BCUT2D eigenvalue weighted by molar-refractivity contribution is 8.76. The highest BCUT2D eigenvalue weighted by atomic mass is 33.1. The van der Waals surface area contributed by atoms with Crippen LogP contribution in [0.25, 0.3) is 33.4 Å². The minimum Gasteiger partial charge on any atom is -0.508 e. The van der Waals surface area contributed by atoms with Crippen molar-refractivity contribution in [2.75, 3.05) is 89.5 Å². The van der Waals surface area contributed by atoms with Gasteiger partial charge in [0.1, 0.15) is 72.7 Å². The average molecular weight is 1380 g/mol. The Bertz CT molecular complexity index is 3690. The number of hydrogen-bond donors (Lipinski definition) is 14. The number of aliphatic carboxylic acids is 1. The number of phosphoric ester groups is 1. The number of aliphatic hydroxyl groups is 6. The number of piperazine rings is 1. The molecular formula is C57H70N9O25PS2. The number of phenolic OH excluding ortho intramolecular Hbond substituents is 1. The second kappa shape index (κ2) is 32.7. The monoisotopic (exact) mass is 1380 g/mol. The van der Waals surface area contributed by atoms with Crippen molar-refractivity contribution >= 4 is 87.6 Å². The molecule has 94 heavy (non-hydrogen) atoms. The van der Waals surface area contributed by atoms with Crippen LogP contribution < -0.4 is 38.1 Å². The molecular weight excluding hydrogens is 1310 g/mol. The number of ether oxygens (including phenoxy) is 3. The number of fused-ring (bicyclic) bond motifs is 2. The number of carbonyl (C=O) groups excluding carboxylic acids is 6. The molecule has 3 aromatic rings. The van der Waals surface area contributed by atoms with Crippen molar-refractivity contribution in [2.45, 2.75) is 86.5 Å². The van der Waals surface area contributed by atoms with E-state index >= 15 is 0 Å². The largest absolute Gasteiger partial charge is 0.508 e. The van der Waals surface area contributed by atoms with E-state index < -0.39 is 124 Å². The number of carbonyl (C=O) groups is 7. The topological polar surface area (TPSA) is 511 Å². The summed E-state index contributed by atoms with van der Waals surface area (Å²) in [6, 6.07) is 15.4. The van der Waals surface area contributed by atoms with E-state index in [9.17, 15) is 93.5 Å². The van der Waals surface area contributed by atoms with Gasteiger partial charge in [-0.05, 0) is 48.4 Å². The zero-order valence-electron chi connectivity index (χ0n) is 49.8. The molecule has 8 rings (SSSR count). The molecule has 0 radical (unpaired) electrons. The average Bonchev–Trinajstić information content (AvgIpc) is 1.34. The summed E-state index contributed by atoms with van der Waals surface area (Å²) in [5.41, 5.74) is 6.80. The third-order valence-corrected chi connectivity index (χ3v) is 18.5. The first-order valence-electron chi connectivity index (χ1n) is 29.2. The standard InChI is InChI=1S/C57H70N9O25PS2/c58-41-12-15-66(56(83)62-41)54-51(79)50(78)40(89-54)27-87-92(84,85)91-57(55(81)82)24-36(70)48(52(90-57)49(77)37(71)26-67)63-44(74)25-61-43(73)7-3-6-42(72)59-13-20-93-94-21-14-60-45(75)28-86-29-46(76)64-16-18-65(19-17-64)53(80)33-5-2-1-4-32(33)47-34-10-8-30(68)22-38(34)88-39-23-31(69)9-11-35(39)47/h1-2,4-5,8-12,15,22-23,36-37,40,48-52,54,67-68,70-71,77-79H,3,6-7,13-14,16-21,24-29H2,(H,59,72)(H,60,75)(H,61,73)(H,63,74)(H,81,82)(H,84,85)(H2,58,62,83)/t36-,37+,40?,48?,49+,50+,51+,52+,54+,57+/m0/s1. The molecule has 6 amide bonds. The van der Waals surface area contributed by atoms with Gasteiger partial charge in [-0.3, -0.25) is 42.7 Å². The molecule has 3 unspecified atom stereocenters. The highest BCUT2D eigenvalue weighted by Gasteiger charge is 2.59. The van der Waals surface area contributed by atoms with Crippen LogP contribution in [0.4, 0.5) is 5.82 Å². The quantitative estimate of drug-likeness (QED) is 0.00955. The zero-order chi connectivity index (χ0) is 68.0. The third kappa shape index (κ3) is 18.4. The summed E-state index contributed by atoms with van der Waals surface area (Å²) >= 11 is 0. The zero-order valence-corrected chi connectivity index (χ0v) is 52.4. The van der Waals surface area contributed by atoms with E-state index in [4.69, 9.17) is 33.4 Å². The minimum absolute atomic E-state index is 0.0323. The number of aromatic nitrogens is 2. The summed E-state index contributed by atoms with van der Waals surface area (Å²) in [5.74, 6) is -7.68. The Balaban J connectivity index is 0.671. The van der Waals surface area contributed by atoms with Gasteiger partial charge < -0.3 is 101 Å². The molecule has 510 valence electrons. The number of aliphatic hydroxyl groups excluding tert-OH is 6. The smallest absolute Gasteiger partial charge is 0.475 e. The predicted octanol–water partition coefficient (Wildman–Crippen LogP) is -2.81. The molecule has 0 spiro atoms. The van der Waals surface area contributed by atoms with E-state index in [-0.39, 0.29) is 106 Å². The van der Waals surface area contributed by atoms with Gasteiger partial charge in [-0.2, -0.15) is 4.98 Å². The van der Waals surface area contributed by atoms with Gasteiger partial charge in [-0.25, -0.2) is 18.7 Å². The van der Waals surface area contributed by atoms with Gasteiger partial charge in [0.15, 0.2) is 11.7 Å². The van der Waals surface area contributed by atoms with E-state index in [0.717, 1.165) is 10.8 Å². The van der Waals surface area contributed by atoms with Crippen LogP contribution in [0.5, 0.6) is 5.75 Å². The lowest BCUT2D eigenvalue weighted by atomic mass is 9.88. The van der Waals surface area contributed by atoms with Gasteiger partial charge in [0.2, 0.25) is 29.5 Å². The lowest BCUT2D eigenvalue weighted by Gasteiger charge is -2.46. The van der Waals surface area contributed by atoms with Crippen molar-refractivity contribution in [1.82, 2.24) is 40.6 Å². The molecule has 2 aromatic carbocycles. The highest BCUT2D eigenvalue weighted by Crippen LogP contribution is 2.52. The Morgan fingerprint density at radius 1 is 0.830 bits per heavy atom. The lowest BCUT2D eigenvalue weighted by molar-refractivity contribution is -0.289. The number of aromatic hydroxyl groups is 1. The summed E-state index contributed by atoms with van der Waals surface area (Å²) in [6.07, 6.45) is -16.2. The van der Waals surface area contributed by atoms with Gasteiger partial charge >= 0.3 is 19.5 Å². The normalized spacial score (nSPS) is 22.6. The predicted molar refractivity (Wildman–Crippen MR) is 330 cm³/mol. The van der Waals surface area contributed by atoms with Crippen LogP contribution in [0.3, 0.4) is 0 Å². The number of rotatable bonds is 30. The Kier molecular flexibility index (Phi) is 25.1. The minimum atomic E-state index is -5.70. The Morgan fingerprint density at radius 3 is 2.20 bits per heavy atom.